The van der Waals surface area contributed by atoms with E-state index >= 15 is 0 Å². The Morgan fingerprint density at radius 1 is 0.600 bits per heavy atom. The Hall–Kier alpha value is -4.56. The van der Waals surface area contributed by atoms with Crippen molar-refractivity contribution in [1.82, 2.24) is 0 Å². The predicted molar refractivity (Wildman–Crippen MR) is 208 cm³/mol. The van der Waals surface area contributed by atoms with Crippen LogP contribution in [0.3, 0.4) is 0 Å². The molecule has 0 heterocycles. The van der Waals surface area contributed by atoms with Crippen molar-refractivity contribution in [2.45, 2.75) is 110 Å². The maximum absolute atomic E-state index is 10.5. The lowest BCUT2D eigenvalue weighted by Gasteiger charge is -2.08. The highest BCUT2D eigenvalue weighted by Crippen LogP contribution is 2.25. The average molecular weight is 673 g/mol. The first-order chi connectivity index (χ1) is 24.6. The number of hydrogen-bond acceptors (Lipinski definition) is 5. The monoisotopic (exact) mass is 672 g/mol. The molecule has 4 aromatic carbocycles. The van der Waals surface area contributed by atoms with Gasteiger partial charge in [0.15, 0.2) is 0 Å². The molecule has 0 bridgehead atoms. The number of aryl methyl sites for hydroxylation is 1. The first kappa shape index (κ1) is 38.2. The molecule has 0 saturated heterocycles. The molecule has 5 heteroatoms. The molecule has 0 radical (unpaired) electrons. The summed E-state index contributed by atoms with van der Waals surface area (Å²) in [5.74, 6) is 1.76. The summed E-state index contributed by atoms with van der Waals surface area (Å²) >= 11 is 0. The minimum atomic E-state index is 0.182. The van der Waals surface area contributed by atoms with E-state index in [2.05, 4.69) is 54.4 Å². The van der Waals surface area contributed by atoms with Crippen LogP contribution in [0.1, 0.15) is 120 Å². The van der Waals surface area contributed by atoms with Crippen LogP contribution in [0.25, 0.3) is 11.1 Å². The highest BCUT2D eigenvalue weighted by atomic mass is 16.5. The van der Waals surface area contributed by atoms with Crippen LogP contribution in [0.5, 0.6) is 17.2 Å². The SMILES string of the molecule is CCCCCCCCCCc1ccc(N=Cc2ccc(OCCCCCCCCCOc3ccc(-c4ccc(C#N)cc4)cc3)cc2O)cc1. The lowest BCUT2D eigenvalue weighted by Crippen LogP contribution is -1.98. The maximum Gasteiger partial charge on any atom is 0.128 e. The number of nitriles is 1. The third-order valence-electron chi connectivity index (χ3n) is 9.14. The van der Waals surface area contributed by atoms with Gasteiger partial charge in [-0.15, -0.1) is 0 Å². The third-order valence-corrected chi connectivity index (χ3v) is 9.14. The largest absolute Gasteiger partial charge is 0.507 e. The number of benzene rings is 4. The van der Waals surface area contributed by atoms with E-state index in [1.807, 2.05) is 48.5 Å². The van der Waals surface area contributed by atoms with E-state index in [0.717, 1.165) is 54.9 Å². The van der Waals surface area contributed by atoms with E-state index in [4.69, 9.17) is 14.7 Å². The van der Waals surface area contributed by atoms with Crippen LogP contribution in [0.15, 0.2) is 96.0 Å². The summed E-state index contributed by atoms with van der Waals surface area (Å²) in [6, 6.07) is 31.8. The Morgan fingerprint density at radius 2 is 1.12 bits per heavy atom. The summed E-state index contributed by atoms with van der Waals surface area (Å²) in [5.41, 5.74) is 5.82. The molecule has 0 fully saturated rings. The second-order valence-electron chi connectivity index (χ2n) is 13.3. The zero-order chi connectivity index (χ0) is 35.1. The molecule has 0 saturated carbocycles. The zero-order valence-corrected chi connectivity index (χ0v) is 30.1. The van der Waals surface area contributed by atoms with Crippen LogP contribution < -0.4 is 9.47 Å². The molecule has 1 N–H and O–H groups in total. The fourth-order valence-electron chi connectivity index (χ4n) is 6.03. The van der Waals surface area contributed by atoms with Crippen molar-refractivity contribution in [3.8, 4) is 34.4 Å². The first-order valence-corrected chi connectivity index (χ1v) is 19.0. The van der Waals surface area contributed by atoms with Crippen LogP contribution in [-0.4, -0.2) is 24.5 Å². The van der Waals surface area contributed by atoms with E-state index in [1.54, 1.807) is 12.3 Å². The number of ether oxygens (including phenoxy) is 2. The number of unbranched alkanes of at least 4 members (excludes halogenated alkanes) is 13. The second kappa shape index (κ2) is 23.0. The second-order valence-corrected chi connectivity index (χ2v) is 13.3. The van der Waals surface area contributed by atoms with Gasteiger partial charge in [-0.3, -0.25) is 4.99 Å². The number of phenolic OH excluding ortho intramolecular Hbond substituents is 1. The molecule has 5 nitrogen and oxygen atoms in total. The van der Waals surface area contributed by atoms with Gasteiger partial charge in [0.1, 0.15) is 17.2 Å². The molecule has 0 atom stereocenters. The summed E-state index contributed by atoms with van der Waals surface area (Å²) in [6.45, 7) is 3.65. The fraction of sp³-hybridized carbons (Fsp3) is 0.422. The van der Waals surface area contributed by atoms with Crippen LogP contribution in [0.2, 0.25) is 0 Å². The van der Waals surface area contributed by atoms with E-state index < -0.39 is 0 Å². The minimum Gasteiger partial charge on any atom is -0.507 e. The summed E-state index contributed by atoms with van der Waals surface area (Å²) in [5, 5.41) is 19.5. The predicted octanol–water partition coefficient (Wildman–Crippen LogP) is 12.6. The number of phenols is 1. The van der Waals surface area contributed by atoms with Crippen molar-refractivity contribution in [3.63, 3.8) is 0 Å². The molecule has 0 aliphatic carbocycles. The standard InChI is InChI=1S/C45H56N2O3/c1-2-3-4-5-6-8-11-14-17-37-20-27-42(28-21-37)47-36-41-26-31-44(34-45(41)48)50-33-16-13-10-7-9-12-15-32-49-43-29-24-40(25-30-43)39-22-18-38(35-46)19-23-39/h18-31,34,36,48H,2-17,32-33H2,1H3. The van der Waals surface area contributed by atoms with E-state index in [9.17, 15) is 5.11 Å². The quantitative estimate of drug-likeness (QED) is 0.0594. The van der Waals surface area contributed by atoms with Gasteiger partial charge in [-0.2, -0.15) is 5.26 Å². The molecular weight excluding hydrogens is 617 g/mol. The molecule has 0 spiro atoms. The van der Waals surface area contributed by atoms with E-state index in [1.165, 1.54) is 82.6 Å². The van der Waals surface area contributed by atoms with Crippen molar-refractivity contribution in [2.75, 3.05) is 13.2 Å². The summed E-state index contributed by atoms with van der Waals surface area (Å²) in [4.78, 5) is 4.57. The maximum atomic E-state index is 10.5. The lowest BCUT2D eigenvalue weighted by molar-refractivity contribution is 0.299. The Kier molecular flexibility index (Phi) is 17.6. The highest BCUT2D eigenvalue weighted by Gasteiger charge is 2.04. The van der Waals surface area contributed by atoms with Crippen molar-refractivity contribution >= 4 is 11.9 Å². The molecule has 264 valence electrons. The molecule has 4 rings (SSSR count). The third kappa shape index (κ3) is 14.5. The van der Waals surface area contributed by atoms with Crippen LogP contribution in [0, 0.1) is 11.3 Å². The highest BCUT2D eigenvalue weighted by molar-refractivity contribution is 5.85. The molecule has 0 aliphatic rings. The Labute approximate surface area is 301 Å². The van der Waals surface area contributed by atoms with Gasteiger partial charge < -0.3 is 14.6 Å². The van der Waals surface area contributed by atoms with Gasteiger partial charge in [0, 0.05) is 17.8 Å². The molecular formula is C45H56N2O3. The summed E-state index contributed by atoms with van der Waals surface area (Å²) in [6.07, 6.45) is 21.6. The fourth-order valence-corrected chi connectivity index (χ4v) is 6.03. The van der Waals surface area contributed by atoms with Crippen molar-refractivity contribution in [1.29, 1.82) is 5.26 Å². The van der Waals surface area contributed by atoms with Crippen LogP contribution in [-0.2, 0) is 6.42 Å². The molecule has 0 aromatic heterocycles. The Balaban J connectivity index is 1.00. The number of hydrogen-bond donors (Lipinski definition) is 1. The topological polar surface area (TPSA) is 74.8 Å². The average Bonchev–Trinajstić information content (AvgIpc) is 3.15. The molecule has 50 heavy (non-hydrogen) atoms. The van der Waals surface area contributed by atoms with Crippen molar-refractivity contribution in [3.05, 3.63) is 108 Å². The van der Waals surface area contributed by atoms with Crippen LogP contribution in [0.4, 0.5) is 5.69 Å². The number of aliphatic imine (C=N–C) groups is 1. The van der Waals surface area contributed by atoms with Crippen molar-refractivity contribution < 1.29 is 14.6 Å². The number of rotatable bonds is 24. The van der Waals surface area contributed by atoms with Crippen LogP contribution >= 0.6 is 0 Å². The zero-order valence-electron chi connectivity index (χ0n) is 30.1. The normalized spacial score (nSPS) is 11.1. The van der Waals surface area contributed by atoms with Gasteiger partial charge >= 0.3 is 0 Å². The van der Waals surface area contributed by atoms with Gasteiger partial charge in [0.2, 0.25) is 0 Å². The number of aromatic hydroxyl groups is 1. The lowest BCUT2D eigenvalue weighted by atomic mass is 10.0. The Morgan fingerprint density at radius 3 is 1.70 bits per heavy atom. The van der Waals surface area contributed by atoms with E-state index in [-0.39, 0.29) is 5.75 Å². The summed E-state index contributed by atoms with van der Waals surface area (Å²) < 4.78 is 11.8. The molecule has 0 aliphatic heterocycles. The molecule has 0 unspecified atom stereocenters. The first-order valence-electron chi connectivity index (χ1n) is 19.0. The van der Waals surface area contributed by atoms with E-state index in [0.29, 0.717) is 23.5 Å². The van der Waals surface area contributed by atoms with Gasteiger partial charge in [-0.05, 0) is 90.9 Å². The van der Waals surface area contributed by atoms with Gasteiger partial charge in [0.05, 0.1) is 30.5 Å². The smallest absolute Gasteiger partial charge is 0.128 e. The van der Waals surface area contributed by atoms with Gasteiger partial charge in [0.25, 0.3) is 0 Å². The molecule has 0 amide bonds. The summed E-state index contributed by atoms with van der Waals surface area (Å²) in [7, 11) is 0. The van der Waals surface area contributed by atoms with Crippen molar-refractivity contribution in [2.24, 2.45) is 4.99 Å². The Bertz CT molecular complexity index is 1570. The van der Waals surface area contributed by atoms with Gasteiger partial charge in [-0.1, -0.05) is 120 Å². The number of nitrogens with zero attached hydrogens (tertiary/aromatic N) is 2. The molecule has 4 aromatic rings. The van der Waals surface area contributed by atoms with Gasteiger partial charge in [-0.25, -0.2) is 0 Å². The minimum absolute atomic E-state index is 0.182.